The van der Waals surface area contributed by atoms with E-state index in [9.17, 15) is 19.2 Å². The predicted molar refractivity (Wildman–Crippen MR) is 169 cm³/mol. The number of piperazine rings is 1. The summed E-state index contributed by atoms with van der Waals surface area (Å²) >= 11 is 0. The number of nitrogens with one attached hydrogen (secondary N) is 1. The molecule has 0 aromatic heterocycles. The Morgan fingerprint density at radius 3 is 2.14 bits per heavy atom. The van der Waals surface area contributed by atoms with Crippen LogP contribution in [0, 0.1) is 6.92 Å². The van der Waals surface area contributed by atoms with E-state index in [2.05, 4.69) is 15.1 Å². The number of carbonyl (C=O) groups is 4. The number of carbonyl (C=O) groups excluding carboxylic acids is 4. The van der Waals surface area contributed by atoms with Crippen LogP contribution in [0.4, 0.5) is 11.4 Å². The summed E-state index contributed by atoms with van der Waals surface area (Å²) < 4.78 is 5.52. The molecule has 0 spiro atoms. The summed E-state index contributed by atoms with van der Waals surface area (Å²) in [4.78, 5) is 58.4. The summed E-state index contributed by atoms with van der Waals surface area (Å²) in [6.07, 6.45) is 0.00658. The van der Waals surface area contributed by atoms with Crippen molar-refractivity contribution in [3.8, 4) is 5.75 Å². The number of aryl methyl sites for hydroxylation is 1. The minimum atomic E-state index is -0.418. The maximum atomic E-state index is 13.8. The molecule has 1 heterocycles. The van der Waals surface area contributed by atoms with Gasteiger partial charge in [-0.05, 0) is 42.8 Å². The van der Waals surface area contributed by atoms with Crippen molar-refractivity contribution in [2.45, 2.75) is 13.3 Å². The number of hydrogen-bond donors (Lipinski definition) is 1. The van der Waals surface area contributed by atoms with Crippen LogP contribution in [-0.4, -0.2) is 68.0 Å². The fourth-order valence-corrected chi connectivity index (χ4v) is 5.97. The molecule has 2 aliphatic rings. The molecule has 1 saturated heterocycles. The average molecular weight is 588 g/mol. The molecule has 8 heteroatoms. The second-order valence-corrected chi connectivity index (χ2v) is 11.2. The zero-order valence-electron chi connectivity index (χ0n) is 24.8. The largest absolute Gasteiger partial charge is 0.495 e. The van der Waals surface area contributed by atoms with Gasteiger partial charge in [0.1, 0.15) is 5.75 Å². The van der Waals surface area contributed by atoms with Crippen LogP contribution in [0.3, 0.4) is 0 Å². The first-order valence-corrected chi connectivity index (χ1v) is 14.7. The third-order valence-electron chi connectivity index (χ3n) is 8.32. The van der Waals surface area contributed by atoms with E-state index < -0.39 is 5.91 Å². The number of para-hydroxylation sites is 2. The highest BCUT2D eigenvalue weighted by molar-refractivity contribution is 6.31. The van der Waals surface area contributed by atoms with Gasteiger partial charge in [0.2, 0.25) is 0 Å². The van der Waals surface area contributed by atoms with Crippen molar-refractivity contribution in [1.82, 2.24) is 4.90 Å². The Kier molecular flexibility index (Phi) is 8.09. The van der Waals surface area contributed by atoms with Crippen LogP contribution in [0.5, 0.6) is 5.75 Å². The summed E-state index contributed by atoms with van der Waals surface area (Å²) in [5.41, 5.74) is 4.13. The topological polar surface area (TPSA) is 96.0 Å². The molecule has 0 bridgehead atoms. The molecule has 1 aliphatic carbocycles. The van der Waals surface area contributed by atoms with E-state index in [4.69, 9.17) is 4.74 Å². The van der Waals surface area contributed by atoms with Gasteiger partial charge in [-0.1, -0.05) is 60.2 Å². The van der Waals surface area contributed by atoms with Gasteiger partial charge in [0, 0.05) is 54.9 Å². The molecular formula is C36H33N3O5. The van der Waals surface area contributed by atoms with Crippen molar-refractivity contribution in [1.29, 1.82) is 0 Å². The summed E-state index contributed by atoms with van der Waals surface area (Å²) in [7, 11) is 1.66. The van der Waals surface area contributed by atoms with Crippen molar-refractivity contribution >= 4 is 34.6 Å². The lowest BCUT2D eigenvalue weighted by molar-refractivity contribution is -0.119. The Balaban J connectivity index is 1.24. The van der Waals surface area contributed by atoms with Crippen LogP contribution in [-0.2, 0) is 11.2 Å². The normalized spacial score (nSPS) is 14.5. The molecule has 6 rings (SSSR count). The lowest BCUT2D eigenvalue weighted by Gasteiger charge is -2.36. The Hall–Kier alpha value is -5.08. The van der Waals surface area contributed by atoms with Crippen molar-refractivity contribution in [2.75, 3.05) is 50.1 Å². The number of benzene rings is 4. The van der Waals surface area contributed by atoms with Gasteiger partial charge in [-0.15, -0.1) is 0 Å². The maximum Gasteiger partial charge on any atom is 0.255 e. The first-order chi connectivity index (χ1) is 21.3. The molecule has 8 nitrogen and oxygen atoms in total. The molecule has 0 unspecified atom stereocenters. The Morgan fingerprint density at radius 2 is 1.43 bits per heavy atom. The molecule has 1 N–H and O–H groups in total. The summed E-state index contributed by atoms with van der Waals surface area (Å²) in [6.45, 7) is 5.07. The van der Waals surface area contributed by atoms with E-state index in [-0.39, 0.29) is 52.7 Å². The third kappa shape index (κ3) is 5.64. The first-order valence-electron chi connectivity index (χ1n) is 14.7. The number of amides is 1. The molecule has 0 radical (unpaired) electrons. The second-order valence-electron chi connectivity index (χ2n) is 11.2. The van der Waals surface area contributed by atoms with Crippen LogP contribution >= 0.6 is 0 Å². The number of hydrogen-bond acceptors (Lipinski definition) is 7. The van der Waals surface area contributed by atoms with E-state index in [1.165, 1.54) is 0 Å². The number of rotatable bonds is 8. The number of nitrogens with zero attached hydrogens (tertiary/aromatic N) is 2. The Labute approximate surface area is 256 Å². The van der Waals surface area contributed by atoms with E-state index in [0.717, 1.165) is 30.1 Å². The summed E-state index contributed by atoms with van der Waals surface area (Å²) in [6, 6.07) is 24.9. The lowest BCUT2D eigenvalue weighted by atomic mass is 9.81. The zero-order chi connectivity index (χ0) is 30.8. The van der Waals surface area contributed by atoms with Gasteiger partial charge in [0.05, 0.1) is 30.6 Å². The van der Waals surface area contributed by atoms with Crippen LogP contribution < -0.4 is 15.0 Å². The van der Waals surface area contributed by atoms with Gasteiger partial charge in [0.25, 0.3) is 5.91 Å². The third-order valence-corrected chi connectivity index (χ3v) is 8.32. The summed E-state index contributed by atoms with van der Waals surface area (Å²) in [5.74, 6) is -0.279. The van der Waals surface area contributed by atoms with Crippen molar-refractivity contribution in [3.05, 3.63) is 124 Å². The quantitative estimate of drug-likeness (QED) is 0.274. The standard InChI is InChI=1S/C36H33N3O5/c1-23-11-13-24(14-12-23)36(43)37-33-25(15-16-29-32(33)35(42)28-8-4-3-7-27(28)34(29)41)21-26(40)22-38-17-19-39(20-18-38)30-9-5-6-10-31(30)44-2/h3-16H,17-22H2,1-2H3,(H,37,43). The van der Waals surface area contributed by atoms with E-state index in [1.54, 1.807) is 55.6 Å². The van der Waals surface area contributed by atoms with Crippen LogP contribution in [0.2, 0.25) is 0 Å². The average Bonchev–Trinajstić information content (AvgIpc) is 3.05. The lowest BCUT2D eigenvalue weighted by Crippen LogP contribution is -2.48. The SMILES string of the molecule is COc1ccccc1N1CCN(CC(=O)Cc2ccc3c(c2NC(=O)c2ccc(C)cc2)C(=O)c2ccccc2C3=O)CC1. The van der Waals surface area contributed by atoms with Gasteiger partial charge >= 0.3 is 0 Å². The highest BCUT2D eigenvalue weighted by Crippen LogP contribution is 2.35. The Morgan fingerprint density at radius 1 is 0.773 bits per heavy atom. The Bertz CT molecular complexity index is 1770. The number of anilines is 2. The number of ether oxygens (including phenoxy) is 1. The van der Waals surface area contributed by atoms with Gasteiger partial charge in [0.15, 0.2) is 17.3 Å². The zero-order valence-corrected chi connectivity index (χ0v) is 24.8. The van der Waals surface area contributed by atoms with Crippen molar-refractivity contribution < 1.29 is 23.9 Å². The fraction of sp³-hybridized carbons (Fsp3) is 0.222. The molecule has 4 aromatic rings. The number of fused-ring (bicyclic) bond motifs is 2. The van der Waals surface area contributed by atoms with Crippen molar-refractivity contribution in [2.24, 2.45) is 0 Å². The predicted octanol–water partition coefficient (Wildman–Crippen LogP) is 4.97. The molecule has 1 aliphatic heterocycles. The number of methoxy groups -OCH3 is 1. The molecule has 0 saturated carbocycles. The smallest absolute Gasteiger partial charge is 0.255 e. The van der Waals surface area contributed by atoms with E-state index in [0.29, 0.717) is 29.8 Å². The van der Waals surface area contributed by atoms with E-state index >= 15 is 0 Å². The summed E-state index contributed by atoms with van der Waals surface area (Å²) in [5, 5.41) is 2.90. The minimum absolute atomic E-state index is 0.00658. The molecule has 222 valence electrons. The van der Waals surface area contributed by atoms with Gasteiger partial charge < -0.3 is 15.0 Å². The molecule has 1 fully saturated rings. The van der Waals surface area contributed by atoms with Gasteiger partial charge in [-0.3, -0.25) is 24.1 Å². The molecule has 4 aromatic carbocycles. The fourth-order valence-electron chi connectivity index (χ4n) is 5.97. The minimum Gasteiger partial charge on any atom is -0.495 e. The van der Waals surface area contributed by atoms with Crippen LogP contribution in [0.15, 0.2) is 84.9 Å². The van der Waals surface area contributed by atoms with E-state index in [1.807, 2.05) is 43.3 Å². The molecular weight excluding hydrogens is 554 g/mol. The molecule has 0 atom stereocenters. The van der Waals surface area contributed by atoms with Crippen LogP contribution in [0.25, 0.3) is 0 Å². The second kappa shape index (κ2) is 12.3. The highest BCUT2D eigenvalue weighted by atomic mass is 16.5. The monoisotopic (exact) mass is 587 g/mol. The number of Topliss-reactive ketones (excluding diaryl/α,β-unsaturated/α-hetero) is 1. The number of ketones is 3. The van der Waals surface area contributed by atoms with Crippen LogP contribution in [0.1, 0.15) is 53.3 Å². The molecule has 1 amide bonds. The van der Waals surface area contributed by atoms with Crippen molar-refractivity contribution in [3.63, 3.8) is 0 Å². The molecule has 44 heavy (non-hydrogen) atoms. The maximum absolute atomic E-state index is 13.8. The van der Waals surface area contributed by atoms with Gasteiger partial charge in [-0.25, -0.2) is 0 Å². The first kappa shape index (κ1) is 29.0. The highest BCUT2D eigenvalue weighted by Gasteiger charge is 2.33. The van der Waals surface area contributed by atoms with Gasteiger partial charge in [-0.2, -0.15) is 0 Å².